The van der Waals surface area contributed by atoms with Crippen LogP contribution in [0.5, 0.6) is 0 Å². The number of carbonyl (C=O) groups excluding carboxylic acids is 1. The third-order valence-corrected chi connectivity index (χ3v) is 2.34. The number of hydrogen-bond donors (Lipinski definition) is 0. The molecule has 1 aromatic carbocycles. The number of ketones is 1. The van der Waals surface area contributed by atoms with Crippen molar-refractivity contribution in [2.75, 3.05) is 0 Å². The summed E-state index contributed by atoms with van der Waals surface area (Å²) < 4.78 is 0. The first-order valence-electron chi connectivity index (χ1n) is 5.21. The topological polar surface area (TPSA) is 17.1 Å². The molecule has 0 radical (unpaired) electrons. The Bertz CT molecular complexity index is 436. The Kier molecular flexibility index (Phi) is 4.46. The zero-order valence-electron chi connectivity index (χ0n) is 9.73. The van der Waals surface area contributed by atoms with E-state index >= 15 is 0 Å². The van der Waals surface area contributed by atoms with Gasteiger partial charge in [-0.1, -0.05) is 55.1 Å². The lowest BCUT2D eigenvalue weighted by atomic mass is 10.1. The van der Waals surface area contributed by atoms with Crippen LogP contribution in [0.1, 0.15) is 19.4 Å². The highest BCUT2D eigenvalue weighted by atomic mass is 16.1. The molecule has 16 heavy (non-hydrogen) atoms. The lowest BCUT2D eigenvalue weighted by molar-refractivity contribution is -0.113. The summed E-state index contributed by atoms with van der Waals surface area (Å²) in [6.45, 7) is 7.33. The van der Waals surface area contributed by atoms with Crippen molar-refractivity contribution in [3.05, 3.63) is 66.3 Å². The van der Waals surface area contributed by atoms with Crippen molar-refractivity contribution in [1.29, 1.82) is 0 Å². The van der Waals surface area contributed by atoms with Crippen molar-refractivity contribution in [3.8, 4) is 0 Å². The smallest absolute Gasteiger partial charge is 0.155 e. The van der Waals surface area contributed by atoms with Crippen molar-refractivity contribution in [1.82, 2.24) is 0 Å². The van der Waals surface area contributed by atoms with Crippen LogP contribution in [0.3, 0.4) is 0 Å². The predicted octanol–water partition coefficient (Wildman–Crippen LogP) is 3.79. The molecule has 0 bridgehead atoms. The molecule has 0 heterocycles. The van der Waals surface area contributed by atoms with Gasteiger partial charge >= 0.3 is 0 Å². The van der Waals surface area contributed by atoms with E-state index in [1.807, 2.05) is 42.5 Å². The third-order valence-electron chi connectivity index (χ3n) is 2.34. The maximum atomic E-state index is 11.0. The fourth-order valence-corrected chi connectivity index (χ4v) is 1.17. The van der Waals surface area contributed by atoms with Crippen LogP contribution in [0.2, 0.25) is 0 Å². The van der Waals surface area contributed by atoms with Crippen LogP contribution in [-0.2, 0) is 4.79 Å². The molecule has 1 aromatic rings. The highest BCUT2D eigenvalue weighted by Gasteiger charge is 1.93. The molecule has 0 unspecified atom stereocenters. The van der Waals surface area contributed by atoms with Crippen molar-refractivity contribution in [2.24, 2.45) is 0 Å². The average molecular weight is 212 g/mol. The van der Waals surface area contributed by atoms with Crippen LogP contribution in [0.25, 0.3) is 5.57 Å². The summed E-state index contributed by atoms with van der Waals surface area (Å²) in [5.41, 5.74) is 2.78. The van der Waals surface area contributed by atoms with Gasteiger partial charge in [-0.15, -0.1) is 0 Å². The number of hydrogen-bond acceptors (Lipinski definition) is 1. The SMILES string of the molecule is C=C(/C=C\C=C(/C)C(C)=O)c1ccccc1. The molecule has 0 spiro atoms. The lowest BCUT2D eigenvalue weighted by Gasteiger charge is -1.98. The fraction of sp³-hybridized carbons (Fsp3) is 0.133. The average Bonchev–Trinajstić information content (AvgIpc) is 2.29. The first-order valence-corrected chi connectivity index (χ1v) is 5.21. The van der Waals surface area contributed by atoms with Crippen LogP contribution >= 0.6 is 0 Å². The standard InChI is InChI=1S/C15H16O/c1-12(14(3)16)8-7-9-13(2)15-10-5-4-6-11-15/h4-11H,2H2,1,3H3/b9-7-,12-8+. The Hall–Kier alpha value is -1.89. The van der Waals surface area contributed by atoms with Gasteiger partial charge in [0.25, 0.3) is 0 Å². The van der Waals surface area contributed by atoms with E-state index in [1.54, 1.807) is 19.9 Å². The first kappa shape index (κ1) is 12.2. The number of rotatable bonds is 4. The van der Waals surface area contributed by atoms with Crippen LogP contribution in [0, 0.1) is 0 Å². The van der Waals surface area contributed by atoms with Gasteiger partial charge in [0.1, 0.15) is 0 Å². The predicted molar refractivity (Wildman–Crippen MR) is 69.1 cm³/mol. The van der Waals surface area contributed by atoms with Gasteiger partial charge in [-0.3, -0.25) is 4.79 Å². The zero-order valence-corrected chi connectivity index (χ0v) is 9.73. The summed E-state index contributed by atoms with van der Waals surface area (Å²) in [7, 11) is 0. The molecule has 0 aliphatic heterocycles. The van der Waals surface area contributed by atoms with Crippen LogP contribution in [0.15, 0.2) is 60.7 Å². The molecule has 0 fully saturated rings. The second-order valence-corrected chi connectivity index (χ2v) is 3.66. The van der Waals surface area contributed by atoms with Crippen LogP contribution in [-0.4, -0.2) is 5.78 Å². The van der Waals surface area contributed by atoms with E-state index in [1.165, 1.54) is 0 Å². The largest absolute Gasteiger partial charge is 0.295 e. The van der Waals surface area contributed by atoms with Gasteiger partial charge in [0, 0.05) is 0 Å². The van der Waals surface area contributed by atoms with Gasteiger partial charge in [-0.05, 0) is 30.6 Å². The highest BCUT2D eigenvalue weighted by Crippen LogP contribution is 2.12. The Labute approximate surface area is 96.8 Å². The Morgan fingerprint density at radius 1 is 1.19 bits per heavy atom. The van der Waals surface area contributed by atoms with E-state index in [0.29, 0.717) is 0 Å². The van der Waals surface area contributed by atoms with Crippen LogP contribution < -0.4 is 0 Å². The van der Waals surface area contributed by atoms with Crippen molar-refractivity contribution in [3.63, 3.8) is 0 Å². The molecular formula is C15H16O. The molecule has 0 aromatic heterocycles. The lowest BCUT2D eigenvalue weighted by Crippen LogP contribution is -1.89. The van der Waals surface area contributed by atoms with Crippen molar-refractivity contribution < 1.29 is 4.79 Å². The van der Waals surface area contributed by atoms with E-state index in [4.69, 9.17) is 0 Å². The minimum atomic E-state index is 0.0926. The van der Waals surface area contributed by atoms with Crippen molar-refractivity contribution >= 4 is 11.4 Å². The molecule has 0 saturated carbocycles. The van der Waals surface area contributed by atoms with Crippen molar-refractivity contribution in [2.45, 2.75) is 13.8 Å². The molecule has 82 valence electrons. The van der Waals surface area contributed by atoms with Gasteiger partial charge in [-0.2, -0.15) is 0 Å². The highest BCUT2D eigenvalue weighted by molar-refractivity contribution is 5.92. The maximum Gasteiger partial charge on any atom is 0.155 e. The van der Waals surface area contributed by atoms with Gasteiger partial charge in [0.15, 0.2) is 5.78 Å². The number of benzene rings is 1. The van der Waals surface area contributed by atoms with Gasteiger partial charge in [-0.25, -0.2) is 0 Å². The summed E-state index contributed by atoms with van der Waals surface area (Å²) >= 11 is 0. The Balaban J connectivity index is 2.70. The van der Waals surface area contributed by atoms with E-state index in [0.717, 1.165) is 16.7 Å². The van der Waals surface area contributed by atoms with Crippen LogP contribution in [0.4, 0.5) is 0 Å². The zero-order chi connectivity index (χ0) is 12.0. The summed E-state index contributed by atoms with van der Waals surface area (Å²) in [6, 6.07) is 9.94. The van der Waals surface area contributed by atoms with E-state index in [9.17, 15) is 4.79 Å². The number of allylic oxidation sites excluding steroid dienone is 5. The second kappa shape index (κ2) is 5.86. The minimum Gasteiger partial charge on any atom is -0.295 e. The first-order chi connectivity index (χ1) is 7.61. The molecule has 0 saturated heterocycles. The molecule has 1 rings (SSSR count). The van der Waals surface area contributed by atoms with E-state index in [2.05, 4.69) is 6.58 Å². The monoisotopic (exact) mass is 212 g/mol. The quantitative estimate of drug-likeness (QED) is 0.548. The summed E-state index contributed by atoms with van der Waals surface area (Å²) in [5, 5.41) is 0. The number of carbonyl (C=O) groups is 1. The maximum absolute atomic E-state index is 11.0. The van der Waals surface area contributed by atoms with Gasteiger partial charge < -0.3 is 0 Å². The van der Waals surface area contributed by atoms with E-state index < -0.39 is 0 Å². The number of Topliss-reactive ketones (excluding diaryl/α,β-unsaturated/α-hetero) is 1. The summed E-state index contributed by atoms with van der Waals surface area (Å²) in [5.74, 6) is 0.0926. The van der Waals surface area contributed by atoms with E-state index in [-0.39, 0.29) is 5.78 Å². The Morgan fingerprint density at radius 3 is 2.38 bits per heavy atom. The molecule has 0 amide bonds. The molecule has 0 aliphatic carbocycles. The second-order valence-electron chi connectivity index (χ2n) is 3.66. The fourth-order valence-electron chi connectivity index (χ4n) is 1.17. The van der Waals surface area contributed by atoms with Gasteiger partial charge in [0.2, 0.25) is 0 Å². The molecule has 1 nitrogen and oxygen atoms in total. The minimum absolute atomic E-state index is 0.0926. The molecule has 0 aliphatic rings. The molecule has 0 atom stereocenters. The summed E-state index contributed by atoms with van der Waals surface area (Å²) in [6.07, 6.45) is 5.56. The molecular weight excluding hydrogens is 196 g/mol. The summed E-state index contributed by atoms with van der Waals surface area (Å²) in [4.78, 5) is 11.0. The Morgan fingerprint density at radius 2 is 1.81 bits per heavy atom. The normalized spacial score (nSPS) is 11.8. The van der Waals surface area contributed by atoms with Gasteiger partial charge in [0.05, 0.1) is 0 Å². The third kappa shape index (κ3) is 3.70. The molecule has 1 heteroatoms. The molecule has 0 N–H and O–H groups in total.